The first-order valence-electron chi connectivity index (χ1n) is 13.7. The van der Waals surface area contributed by atoms with Crippen molar-refractivity contribution in [3.05, 3.63) is 131 Å². The number of ether oxygens (including phenoxy) is 2. The van der Waals surface area contributed by atoms with Crippen LogP contribution in [0, 0.1) is 5.92 Å². The first kappa shape index (κ1) is 27.3. The number of benzene rings is 4. The lowest BCUT2D eigenvalue weighted by Gasteiger charge is -2.42. The lowest BCUT2D eigenvalue weighted by atomic mass is 9.90. The normalized spacial score (nSPS) is 21.3. The van der Waals surface area contributed by atoms with Crippen molar-refractivity contribution in [3.63, 3.8) is 0 Å². The molecule has 1 aliphatic rings. The van der Waals surface area contributed by atoms with Gasteiger partial charge in [0.1, 0.15) is 0 Å². The van der Waals surface area contributed by atoms with Gasteiger partial charge in [0.05, 0.1) is 18.8 Å². The van der Waals surface area contributed by atoms with Crippen LogP contribution in [0.3, 0.4) is 0 Å². The highest BCUT2D eigenvalue weighted by Crippen LogP contribution is 2.42. The number of hydrogen-bond donors (Lipinski definition) is 2. The highest BCUT2D eigenvalue weighted by Gasteiger charge is 2.38. The van der Waals surface area contributed by atoms with Crippen LogP contribution in [0.25, 0.3) is 11.1 Å². The number of aliphatic hydroxyl groups is 1. The first-order chi connectivity index (χ1) is 19.0. The Labute approximate surface area is 231 Å². The van der Waals surface area contributed by atoms with Gasteiger partial charge in [-0.15, -0.1) is 0 Å². The molecule has 0 saturated carbocycles. The molecule has 4 atom stereocenters. The molecule has 0 amide bonds. The number of nitrogens with two attached hydrogens (primary N) is 1. The highest BCUT2D eigenvalue weighted by molar-refractivity contribution is 5.65. The van der Waals surface area contributed by atoms with Gasteiger partial charge in [0.25, 0.3) is 0 Å². The van der Waals surface area contributed by atoms with Gasteiger partial charge in [-0.2, -0.15) is 0 Å². The minimum absolute atomic E-state index is 0.0259. The van der Waals surface area contributed by atoms with E-state index in [1.165, 1.54) is 5.56 Å². The third-order valence-electron chi connectivity index (χ3n) is 7.57. The van der Waals surface area contributed by atoms with Crippen molar-refractivity contribution in [3.8, 4) is 11.1 Å². The molecule has 1 aliphatic heterocycles. The molecule has 0 spiro atoms. The van der Waals surface area contributed by atoms with E-state index in [0.29, 0.717) is 6.54 Å². The third kappa shape index (κ3) is 6.64. The van der Waals surface area contributed by atoms with Crippen molar-refractivity contribution in [1.29, 1.82) is 0 Å². The lowest BCUT2D eigenvalue weighted by Crippen LogP contribution is -2.43. The van der Waals surface area contributed by atoms with E-state index in [4.69, 9.17) is 15.2 Å². The molecule has 5 heteroatoms. The van der Waals surface area contributed by atoms with Crippen LogP contribution in [0.5, 0.6) is 0 Å². The number of aliphatic hydroxyl groups excluding tert-OH is 1. The molecule has 0 unspecified atom stereocenters. The number of likely N-dealkylation sites (N-methyl/N-ethyl adjacent to an activating group) is 1. The molecule has 0 radical (unpaired) electrons. The monoisotopic (exact) mass is 522 g/mol. The van der Waals surface area contributed by atoms with Crippen LogP contribution in [0.4, 0.5) is 0 Å². The van der Waals surface area contributed by atoms with Crippen LogP contribution in [-0.4, -0.2) is 29.7 Å². The molecule has 0 aliphatic carbocycles. The molecule has 3 N–H and O–H groups in total. The number of rotatable bonds is 9. The molecule has 5 rings (SSSR count). The smallest absolute Gasteiger partial charge is 0.184 e. The predicted molar refractivity (Wildman–Crippen MR) is 156 cm³/mol. The Hall–Kier alpha value is -3.32. The summed E-state index contributed by atoms with van der Waals surface area (Å²) in [6, 6.07) is 35.3. The molecule has 0 bridgehead atoms. The zero-order valence-corrected chi connectivity index (χ0v) is 22.7. The Kier molecular flexibility index (Phi) is 8.87. The predicted octanol–water partition coefficient (Wildman–Crippen LogP) is 6.23. The molecular weight excluding hydrogens is 484 g/mol. The van der Waals surface area contributed by atoms with Crippen molar-refractivity contribution in [2.24, 2.45) is 11.7 Å². The maximum Gasteiger partial charge on any atom is 0.184 e. The van der Waals surface area contributed by atoms with Gasteiger partial charge in [-0.25, -0.2) is 0 Å². The Morgan fingerprint density at radius 2 is 1.44 bits per heavy atom. The second-order valence-electron chi connectivity index (χ2n) is 10.5. The average Bonchev–Trinajstić information content (AvgIpc) is 2.99. The van der Waals surface area contributed by atoms with Crippen LogP contribution in [0.15, 0.2) is 103 Å². The van der Waals surface area contributed by atoms with E-state index in [1.54, 1.807) is 0 Å². The summed E-state index contributed by atoms with van der Waals surface area (Å²) in [5, 5.41) is 9.53. The second kappa shape index (κ2) is 12.7. The van der Waals surface area contributed by atoms with Crippen molar-refractivity contribution in [2.45, 2.75) is 45.1 Å². The van der Waals surface area contributed by atoms with Crippen molar-refractivity contribution in [1.82, 2.24) is 4.90 Å². The summed E-state index contributed by atoms with van der Waals surface area (Å²) >= 11 is 0. The van der Waals surface area contributed by atoms with Crippen LogP contribution in [0.1, 0.15) is 47.1 Å². The molecule has 1 saturated heterocycles. The van der Waals surface area contributed by atoms with Crippen LogP contribution >= 0.6 is 0 Å². The number of nitrogens with zero attached hydrogens (tertiary/aromatic N) is 1. The Morgan fingerprint density at radius 3 is 2.15 bits per heavy atom. The fourth-order valence-corrected chi connectivity index (χ4v) is 5.34. The van der Waals surface area contributed by atoms with E-state index < -0.39 is 6.29 Å². The van der Waals surface area contributed by atoms with Crippen molar-refractivity contribution in [2.75, 3.05) is 13.6 Å². The molecule has 4 aromatic rings. The first-order valence-corrected chi connectivity index (χ1v) is 13.7. The Morgan fingerprint density at radius 1 is 0.744 bits per heavy atom. The standard InChI is InChI=1S/C34H38N2O3/c1-24-32(22-36(2)21-25-8-4-3-5-9-25)38-34(39-33(24)28-16-14-26(23-37)15-17-28)31-13-7-12-30(19-31)29-11-6-10-27(18-29)20-35/h3-19,24,32-34,37H,20-23,35H2,1-2H3/t24-,32+,33+,34+/m1/s1. The van der Waals surface area contributed by atoms with E-state index in [0.717, 1.165) is 46.5 Å². The van der Waals surface area contributed by atoms with Gasteiger partial charge in [-0.1, -0.05) is 97.9 Å². The molecule has 1 heterocycles. The highest BCUT2D eigenvalue weighted by atomic mass is 16.7. The molecule has 0 aromatic heterocycles. The van der Waals surface area contributed by atoms with Crippen LogP contribution < -0.4 is 5.73 Å². The molecular formula is C34H38N2O3. The Balaban J connectivity index is 1.42. The van der Waals surface area contributed by atoms with Gasteiger partial charge in [0.15, 0.2) is 6.29 Å². The van der Waals surface area contributed by atoms with E-state index in [1.807, 2.05) is 30.3 Å². The van der Waals surface area contributed by atoms with Crippen LogP contribution in [0.2, 0.25) is 0 Å². The molecule has 1 fully saturated rings. The molecule has 4 aromatic carbocycles. The van der Waals surface area contributed by atoms with Gasteiger partial charge in [0, 0.05) is 31.1 Å². The summed E-state index contributed by atoms with van der Waals surface area (Å²) in [5.74, 6) is 0.129. The fraction of sp³-hybridized carbons (Fsp3) is 0.294. The summed E-state index contributed by atoms with van der Waals surface area (Å²) < 4.78 is 13.4. The zero-order valence-electron chi connectivity index (χ0n) is 22.7. The van der Waals surface area contributed by atoms with Gasteiger partial charge < -0.3 is 20.3 Å². The zero-order chi connectivity index (χ0) is 27.2. The SMILES string of the molecule is C[C@@H]1[C@H](CN(C)Cc2ccccc2)O[C@H](c2cccc(-c3cccc(CN)c3)c2)O[C@@H]1c1ccc(CO)cc1. The van der Waals surface area contributed by atoms with Gasteiger partial charge >= 0.3 is 0 Å². The summed E-state index contributed by atoms with van der Waals surface area (Å²) in [4.78, 5) is 2.32. The molecule has 5 nitrogen and oxygen atoms in total. The fourth-order valence-electron chi connectivity index (χ4n) is 5.34. The van der Waals surface area contributed by atoms with Gasteiger partial charge in [-0.3, -0.25) is 4.90 Å². The van der Waals surface area contributed by atoms with E-state index >= 15 is 0 Å². The third-order valence-corrected chi connectivity index (χ3v) is 7.57. The van der Waals surface area contributed by atoms with Crippen molar-refractivity contribution < 1.29 is 14.6 Å². The summed E-state index contributed by atoms with van der Waals surface area (Å²) in [6.07, 6.45) is -0.684. The quantitative estimate of drug-likeness (QED) is 0.273. The maximum absolute atomic E-state index is 9.53. The Bertz CT molecular complexity index is 1340. The molecule has 39 heavy (non-hydrogen) atoms. The summed E-state index contributed by atoms with van der Waals surface area (Å²) in [6.45, 7) is 4.37. The average molecular weight is 523 g/mol. The minimum atomic E-state index is -0.503. The van der Waals surface area contributed by atoms with Gasteiger partial charge in [-0.05, 0) is 52.6 Å². The maximum atomic E-state index is 9.53. The van der Waals surface area contributed by atoms with Crippen molar-refractivity contribution >= 4 is 0 Å². The molecule has 202 valence electrons. The summed E-state index contributed by atoms with van der Waals surface area (Å²) in [7, 11) is 2.14. The number of hydrogen-bond acceptors (Lipinski definition) is 5. The summed E-state index contributed by atoms with van der Waals surface area (Å²) in [5.41, 5.74) is 13.5. The van der Waals surface area contributed by atoms with Crippen LogP contribution in [-0.2, 0) is 29.2 Å². The van der Waals surface area contributed by atoms with E-state index in [-0.39, 0.29) is 24.7 Å². The lowest BCUT2D eigenvalue weighted by molar-refractivity contribution is -0.276. The largest absolute Gasteiger partial charge is 0.392 e. The van der Waals surface area contributed by atoms with E-state index in [9.17, 15) is 5.11 Å². The second-order valence-corrected chi connectivity index (χ2v) is 10.5. The van der Waals surface area contributed by atoms with E-state index in [2.05, 4.69) is 91.7 Å². The van der Waals surface area contributed by atoms with Gasteiger partial charge in [0.2, 0.25) is 0 Å². The topological polar surface area (TPSA) is 68.0 Å². The minimum Gasteiger partial charge on any atom is -0.392 e.